The molecule has 1 atom stereocenters. The maximum absolute atomic E-state index is 13.0. The van der Waals surface area contributed by atoms with E-state index in [9.17, 15) is 4.79 Å². The fourth-order valence-electron chi connectivity index (χ4n) is 3.18. The van der Waals surface area contributed by atoms with Gasteiger partial charge in [-0.25, -0.2) is 0 Å². The molecule has 4 nitrogen and oxygen atoms in total. The monoisotopic (exact) mass is 277 g/mol. The van der Waals surface area contributed by atoms with E-state index >= 15 is 0 Å². The third kappa shape index (κ3) is 2.20. The van der Waals surface area contributed by atoms with Crippen molar-refractivity contribution in [3.63, 3.8) is 0 Å². The van der Waals surface area contributed by atoms with Gasteiger partial charge in [-0.2, -0.15) is 0 Å². The van der Waals surface area contributed by atoms with Gasteiger partial charge in [0, 0.05) is 17.0 Å². The van der Waals surface area contributed by atoms with Crippen molar-refractivity contribution in [3.05, 3.63) is 81.7 Å². The summed E-state index contributed by atoms with van der Waals surface area (Å²) in [4.78, 5) is 15.8. The molecule has 21 heavy (non-hydrogen) atoms. The van der Waals surface area contributed by atoms with Crippen LogP contribution in [0.15, 0.2) is 59.7 Å². The molecule has 0 saturated heterocycles. The first-order chi connectivity index (χ1) is 10.3. The first-order valence-corrected chi connectivity index (χ1v) is 6.97. The smallest absolute Gasteiger partial charge is 0.173 e. The predicted octanol–water partition coefficient (Wildman–Crippen LogP) is 4.06. The summed E-state index contributed by atoms with van der Waals surface area (Å²) in [5, 5.41) is 3.63. The quantitative estimate of drug-likeness (QED) is 0.472. The van der Waals surface area contributed by atoms with Crippen molar-refractivity contribution in [1.29, 1.82) is 0 Å². The van der Waals surface area contributed by atoms with Gasteiger partial charge in [-0.05, 0) is 29.5 Å². The van der Waals surface area contributed by atoms with E-state index in [1.807, 2.05) is 54.6 Å². The Morgan fingerprint density at radius 2 is 1.81 bits per heavy atom. The van der Waals surface area contributed by atoms with Gasteiger partial charge in [-0.1, -0.05) is 59.7 Å². The minimum atomic E-state index is -0.598. The van der Waals surface area contributed by atoms with Gasteiger partial charge in [-0.15, -0.1) is 0 Å². The number of fused-ring (bicyclic) bond motifs is 1. The highest BCUT2D eigenvalue weighted by Crippen LogP contribution is 2.42. The Morgan fingerprint density at radius 1 is 1.10 bits per heavy atom. The molecule has 1 aliphatic rings. The molecule has 0 amide bonds. The Balaban J connectivity index is 2.07. The van der Waals surface area contributed by atoms with Crippen molar-refractivity contribution in [2.45, 2.75) is 18.3 Å². The molecule has 0 fully saturated rings. The summed E-state index contributed by atoms with van der Waals surface area (Å²) in [5.41, 5.74) is 10.8. The molecule has 0 bridgehead atoms. The van der Waals surface area contributed by atoms with Crippen LogP contribution < -0.4 is 0 Å². The van der Waals surface area contributed by atoms with Crippen LogP contribution >= 0.6 is 0 Å². The van der Waals surface area contributed by atoms with E-state index < -0.39 is 5.41 Å². The normalized spacial score (nSPS) is 19.9. The first kappa shape index (κ1) is 13.4. The van der Waals surface area contributed by atoms with Crippen LogP contribution in [0.1, 0.15) is 27.9 Å². The zero-order valence-corrected chi connectivity index (χ0v) is 11.6. The second-order valence-corrected chi connectivity index (χ2v) is 5.32. The summed E-state index contributed by atoms with van der Waals surface area (Å²) in [6.07, 6.45) is 1.21. The van der Waals surface area contributed by atoms with E-state index in [4.69, 9.17) is 5.53 Å². The van der Waals surface area contributed by atoms with Gasteiger partial charge < -0.3 is 0 Å². The van der Waals surface area contributed by atoms with Gasteiger partial charge in [0.2, 0.25) is 0 Å². The number of carbonyl (C=O) groups is 1. The SMILES string of the molecule is [N-]=[N+]=NCCC1(c2ccccc2)Cc2ccccc2C1=O. The summed E-state index contributed by atoms with van der Waals surface area (Å²) >= 11 is 0. The molecule has 2 aromatic rings. The Hall–Kier alpha value is -2.58. The minimum Gasteiger partial charge on any atom is -0.293 e. The van der Waals surface area contributed by atoms with E-state index in [1.54, 1.807) is 0 Å². The van der Waals surface area contributed by atoms with E-state index in [2.05, 4.69) is 10.0 Å². The third-order valence-corrected chi connectivity index (χ3v) is 4.22. The van der Waals surface area contributed by atoms with Crippen LogP contribution in [0.4, 0.5) is 0 Å². The number of rotatable bonds is 4. The van der Waals surface area contributed by atoms with E-state index in [0.29, 0.717) is 19.4 Å². The first-order valence-electron chi connectivity index (χ1n) is 6.97. The van der Waals surface area contributed by atoms with E-state index in [-0.39, 0.29) is 5.78 Å². The Bertz CT molecular complexity index is 720. The van der Waals surface area contributed by atoms with Crippen molar-refractivity contribution in [2.24, 2.45) is 5.11 Å². The van der Waals surface area contributed by atoms with Gasteiger partial charge in [-0.3, -0.25) is 4.79 Å². The molecule has 104 valence electrons. The van der Waals surface area contributed by atoms with Crippen LogP contribution in [0, 0.1) is 0 Å². The van der Waals surface area contributed by atoms with Crippen LogP contribution in [0.25, 0.3) is 10.4 Å². The zero-order chi connectivity index (χ0) is 14.7. The van der Waals surface area contributed by atoms with Crippen molar-refractivity contribution in [2.75, 3.05) is 6.54 Å². The maximum atomic E-state index is 13.0. The molecular weight excluding hydrogens is 262 g/mol. The summed E-state index contributed by atoms with van der Waals surface area (Å²) in [6, 6.07) is 17.5. The van der Waals surface area contributed by atoms with E-state index in [0.717, 1.165) is 16.7 Å². The highest BCUT2D eigenvalue weighted by atomic mass is 16.1. The molecule has 4 heteroatoms. The number of hydrogen-bond donors (Lipinski definition) is 0. The largest absolute Gasteiger partial charge is 0.293 e. The Morgan fingerprint density at radius 3 is 2.52 bits per heavy atom. The lowest BCUT2D eigenvalue weighted by molar-refractivity contribution is 0.0896. The molecule has 0 heterocycles. The van der Waals surface area contributed by atoms with Crippen LogP contribution in [-0.2, 0) is 11.8 Å². The van der Waals surface area contributed by atoms with E-state index in [1.165, 1.54) is 0 Å². The van der Waals surface area contributed by atoms with Crippen molar-refractivity contribution >= 4 is 5.78 Å². The summed E-state index contributed by atoms with van der Waals surface area (Å²) in [6.45, 7) is 0.325. The minimum absolute atomic E-state index is 0.137. The lowest BCUT2D eigenvalue weighted by Gasteiger charge is -2.27. The van der Waals surface area contributed by atoms with Crippen molar-refractivity contribution < 1.29 is 4.79 Å². The summed E-state index contributed by atoms with van der Waals surface area (Å²) in [7, 11) is 0. The number of azide groups is 1. The number of Topliss-reactive ketones (excluding diaryl/α,β-unsaturated/α-hetero) is 1. The van der Waals surface area contributed by atoms with Gasteiger partial charge in [0.15, 0.2) is 5.78 Å². The van der Waals surface area contributed by atoms with Crippen LogP contribution in [0.3, 0.4) is 0 Å². The molecule has 0 spiro atoms. The third-order valence-electron chi connectivity index (χ3n) is 4.22. The molecule has 3 rings (SSSR count). The average molecular weight is 277 g/mol. The molecule has 2 aromatic carbocycles. The van der Waals surface area contributed by atoms with Crippen molar-refractivity contribution in [3.8, 4) is 0 Å². The fraction of sp³-hybridized carbons (Fsp3) is 0.235. The van der Waals surface area contributed by atoms with Crippen LogP contribution in [-0.4, -0.2) is 12.3 Å². The molecule has 1 aliphatic carbocycles. The second-order valence-electron chi connectivity index (χ2n) is 5.32. The standard InChI is InChI=1S/C17H15N3O/c18-20-19-11-10-17(14-7-2-1-3-8-14)12-13-6-4-5-9-15(13)16(17)21/h1-9H,10-12H2. The zero-order valence-electron chi connectivity index (χ0n) is 11.6. The van der Waals surface area contributed by atoms with Crippen molar-refractivity contribution in [1.82, 2.24) is 0 Å². The number of ketones is 1. The average Bonchev–Trinajstić information content (AvgIpc) is 2.83. The number of carbonyl (C=O) groups excluding carboxylic acids is 1. The van der Waals surface area contributed by atoms with Gasteiger partial charge in [0.05, 0.1) is 5.41 Å². The molecule has 0 saturated carbocycles. The lowest BCUT2D eigenvalue weighted by atomic mass is 9.74. The molecule has 0 aliphatic heterocycles. The highest BCUT2D eigenvalue weighted by molar-refractivity contribution is 6.08. The molecular formula is C17H15N3O. The highest BCUT2D eigenvalue weighted by Gasteiger charge is 2.45. The predicted molar refractivity (Wildman–Crippen MR) is 81.2 cm³/mol. The van der Waals surface area contributed by atoms with Gasteiger partial charge in [0.1, 0.15) is 0 Å². The van der Waals surface area contributed by atoms with Crippen LogP contribution in [0.2, 0.25) is 0 Å². The molecule has 1 unspecified atom stereocenters. The number of nitrogens with zero attached hydrogens (tertiary/aromatic N) is 3. The van der Waals surface area contributed by atoms with Gasteiger partial charge in [0.25, 0.3) is 0 Å². The molecule has 0 N–H and O–H groups in total. The molecule has 0 radical (unpaired) electrons. The number of hydrogen-bond acceptors (Lipinski definition) is 2. The Labute approximate surface area is 123 Å². The topological polar surface area (TPSA) is 65.8 Å². The second kappa shape index (κ2) is 5.43. The molecule has 0 aromatic heterocycles. The van der Waals surface area contributed by atoms with Gasteiger partial charge >= 0.3 is 0 Å². The lowest BCUT2D eigenvalue weighted by Crippen LogP contribution is -2.34. The van der Waals surface area contributed by atoms with Crippen LogP contribution in [0.5, 0.6) is 0 Å². The number of benzene rings is 2. The fourth-order valence-corrected chi connectivity index (χ4v) is 3.18. The summed E-state index contributed by atoms with van der Waals surface area (Å²) < 4.78 is 0. The Kier molecular flexibility index (Phi) is 3.46. The summed E-state index contributed by atoms with van der Waals surface area (Å²) in [5.74, 6) is 0.137. The maximum Gasteiger partial charge on any atom is 0.173 e.